The molecule has 25 heavy (non-hydrogen) atoms. The van der Waals surface area contributed by atoms with Gasteiger partial charge in [0.05, 0.1) is 4.90 Å². The second-order valence-corrected chi connectivity index (χ2v) is 8.55. The van der Waals surface area contributed by atoms with Gasteiger partial charge in [-0.25, -0.2) is 8.42 Å². The third-order valence-electron chi connectivity index (χ3n) is 4.77. The van der Waals surface area contributed by atoms with E-state index in [1.54, 1.807) is 16.6 Å². The highest BCUT2D eigenvalue weighted by Crippen LogP contribution is 2.26. The van der Waals surface area contributed by atoms with E-state index in [1.165, 1.54) is 17.5 Å². The maximum absolute atomic E-state index is 13.1. The zero-order valence-electron chi connectivity index (χ0n) is 14.8. The standard InChI is InChI=1S/C20H26N2O2S/c1-2-14-22(15-12-19-9-5-6-13-21-19)25(23,24)20-11-10-17-7-3-4-8-18(17)16-20/h5-6,9-11,13,16H,2-4,7-8,12,14-15H2,1H3. The van der Waals surface area contributed by atoms with Crippen molar-refractivity contribution in [3.63, 3.8) is 0 Å². The van der Waals surface area contributed by atoms with Gasteiger partial charge in [-0.2, -0.15) is 4.31 Å². The first-order valence-electron chi connectivity index (χ1n) is 9.13. The van der Waals surface area contributed by atoms with Crippen LogP contribution in [0.15, 0.2) is 47.5 Å². The summed E-state index contributed by atoms with van der Waals surface area (Å²) in [6.07, 6.45) is 7.57. The fourth-order valence-electron chi connectivity index (χ4n) is 3.41. The molecule has 4 nitrogen and oxygen atoms in total. The van der Waals surface area contributed by atoms with Crippen molar-refractivity contribution in [3.05, 3.63) is 59.4 Å². The number of aromatic nitrogens is 1. The highest BCUT2D eigenvalue weighted by atomic mass is 32.2. The fraction of sp³-hybridized carbons (Fsp3) is 0.450. The Kier molecular flexibility index (Phi) is 5.86. The van der Waals surface area contributed by atoms with Gasteiger partial charge in [-0.1, -0.05) is 19.1 Å². The number of pyridine rings is 1. The zero-order valence-corrected chi connectivity index (χ0v) is 15.6. The van der Waals surface area contributed by atoms with Crippen molar-refractivity contribution >= 4 is 10.0 Å². The normalized spacial score (nSPS) is 14.5. The van der Waals surface area contributed by atoms with Crippen LogP contribution in [0.5, 0.6) is 0 Å². The minimum Gasteiger partial charge on any atom is -0.261 e. The van der Waals surface area contributed by atoms with Crippen molar-refractivity contribution in [2.75, 3.05) is 13.1 Å². The maximum Gasteiger partial charge on any atom is 0.243 e. The van der Waals surface area contributed by atoms with Crippen LogP contribution in [-0.2, 0) is 29.3 Å². The second-order valence-electron chi connectivity index (χ2n) is 6.61. The number of benzene rings is 1. The monoisotopic (exact) mass is 358 g/mol. The van der Waals surface area contributed by atoms with Crippen LogP contribution in [0.1, 0.15) is 43.0 Å². The van der Waals surface area contributed by atoms with Gasteiger partial charge in [-0.05, 0) is 67.5 Å². The molecule has 0 atom stereocenters. The first kappa shape index (κ1) is 18.1. The smallest absolute Gasteiger partial charge is 0.243 e. The van der Waals surface area contributed by atoms with E-state index in [0.717, 1.165) is 31.4 Å². The largest absolute Gasteiger partial charge is 0.261 e. The summed E-state index contributed by atoms with van der Waals surface area (Å²) in [5.74, 6) is 0. The molecule has 0 amide bonds. The summed E-state index contributed by atoms with van der Waals surface area (Å²) < 4.78 is 27.9. The Bertz CT molecular complexity index is 804. The first-order chi connectivity index (χ1) is 12.1. The number of hydrogen-bond acceptors (Lipinski definition) is 3. The Hall–Kier alpha value is -1.72. The number of hydrogen-bond donors (Lipinski definition) is 0. The molecule has 1 heterocycles. The van der Waals surface area contributed by atoms with Crippen LogP contribution in [0.4, 0.5) is 0 Å². The van der Waals surface area contributed by atoms with E-state index in [-0.39, 0.29) is 0 Å². The number of sulfonamides is 1. The van der Waals surface area contributed by atoms with Gasteiger partial charge >= 0.3 is 0 Å². The summed E-state index contributed by atoms with van der Waals surface area (Å²) in [5.41, 5.74) is 3.43. The molecule has 3 rings (SSSR count). The van der Waals surface area contributed by atoms with Crippen molar-refractivity contribution < 1.29 is 8.42 Å². The molecule has 0 N–H and O–H groups in total. The molecule has 134 valence electrons. The lowest BCUT2D eigenvalue weighted by Gasteiger charge is -2.23. The van der Waals surface area contributed by atoms with Crippen LogP contribution in [-0.4, -0.2) is 30.8 Å². The van der Waals surface area contributed by atoms with E-state index < -0.39 is 10.0 Å². The molecule has 0 saturated carbocycles. The van der Waals surface area contributed by atoms with Crippen molar-refractivity contribution in [2.45, 2.75) is 50.3 Å². The van der Waals surface area contributed by atoms with E-state index in [1.807, 2.05) is 37.3 Å². The first-order valence-corrected chi connectivity index (χ1v) is 10.6. The molecular formula is C20H26N2O2S. The topological polar surface area (TPSA) is 50.3 Å². The molecule has 5 heteroatoms. The molecule has 1 aliphatic carbocycles. The molecule has 0 fully saturated rings. The molecule has 1 aliphatic rings. The van der Waals surface area contributed by atoms with E-state index >= 15 is 0 Å². The Labute approximate surface area is 151 Å². The third kappa shape index (κ3) is 4.28. The van der Waals surface area contributed by atoms with Crippen LogP contribution < -0.4 is 0 Å². The molecule has 0 radical (unpaired) electrons. The van der Waals surface area contributed by atoms with Gasteiger partial charge in [0, 0.05) is 31.4 Å². The van der Waals surface area contributed by atoms with Gasteiger partial charge in [-0.3, -0.25) is 4.98 Å². The molecule has 1 aromatic carbocycles. The van der Waals surface area contributed by atoms with Gasteiger partial charge in [0.2, 0.25) is 10.0 Å². The maximum atomic E-state index is 13.1. The summed E-state index contributed by atoms with van der Waals surface area (Å²) in [6, 6.07) is 11.4. The highest BCUT2D eigenvalue weighted by molar-refractivity contribution is 7.89. The number of fused-ring (bicyclic) bond motifs is 1. The van der Waals surface area contributed by atoms with Crippen LogP contribution in [0.25, 0.3) is 0 Å². The second kappa shape index (κ2) is 8.11. The predicted octanol–water partition coefficient (Wildman–Crippen LogP) is 3.60. The van der Waals surface area contributed by atoms with Crippen LogP contribution in [0.3, 0.4) is 0 Å². The van der Waals surface area contributed by atoms with E-state index in [4.69, 9.17) is 0 Å². The van der Waals surface area contributed by atoms with Crippen LogP contribution >= 0.6 is 0 Å². The van der Waals surface area contributed by atoms with Gasteiger partial charge in [0.1, 0.15) is 0 Å². The number of rotatable bonds is 7. The molecule has 1 aromatic heterocycles. The lowest BCUT2D eigenvalue weighted by Crippen LogP contribution is -2.34. The molecule has 0 unspecified atom stereocenters. The van der Waals surface area contributed by atoms with Gasteiger partial charge < -0.3 is 0 Å². The zero-order chi connectivity index (χ0) is 17.7. The Morgan fingerprint density at radius 3 is 2.56 bits per heavy atom. The van der Waals surface area contributed by atoms with Crippen molar-refractivity contribution in [1.29, 1.82) is 0 Å². The lowest BCUT2D eigenvalue weighted by molar-refractivity contribution is 0.412. The van der Waals surface area contributed by atoms with E-state index in [9.17, 15) is 8.42 Å². The molecule has 0 spiro atoms. The van der Waals surface area contributed by atoms with E-state index in [2.05, 4.69) is 4.98 Å². The Balaban J connectivity index is 1.81. The van der Waals surface area contributed by atoms with Gasteiger partial charge in [0.15, 0.2) is 0 Å². The Morgan fingerprint density at radius 1 is 1.04 bits per heavy atom. The molecule has 2 aromatic rings. The summed E-state index contributed by atoms with van der Waals surface area (Å²) in [6.45, 7) is 3.01. The quantitative estimate of drug-likeness (QED) is 0.760. The van der Waals surface area contributed by atoms with Crippen molar-refractivity contribution in [3.8, 4) is 0 Å². The minimum absolute atomic E-state index is 0.433. The average molecular weight is 359 g/mol. The predicted molar refractivity (Wildman–Crippen MR) is 100 cm³/mol. The molecule has 0 bridgehead atoms. The SMILES string of the molecule is CCCN(CCc1ccccn1)S(=O)(=O)c1ccc2c(c1)CCCC2. The summed E-state index contributed by atoms with van der Waals surface area (Å²) in [7, 11) is -3.46. The summed E-state index contributed by atoms with van der Waals surface area (Å²) in [5, 5.41) is 0. The van der Waals surface area contributed by atoms with Gasteiger partial charge in [0.25, 0.3) is 0 Å². The fourth-order valence-corrected chi connectivity index (χ4v) is 4.99. The van der Waals surface area contributed by atoms with Gasteiger partial charge in [-0.15, -0.1) is 0 Å². The summed E-state index contributed by atoms with van der Waals surface area (Å²) >= 11 is 0. The molecular weight excluding hydrogens is 332 g/mol. The lowest BCUT2D eigenvalue weighted by atomic mass is 9.92. The minimum atomic E-state index is -3.46. The van der Waals surface area contributed by atoms with Crippen molar-refractivity contribution in [1.82, 2.24) is 9.29 Å². The average Bonchev–Trinajstić information content (AvgIpc) is 2.65. The molecule has 0 saturated heterocycles. The Morgan fingerprint density at radius 2 is 1.84 bits per heavy atom. The third-order valence-corrected chi connectivity index (χ3v) is 6.67. The van der Waals surface area contributed by atoms with E-state index in [0.29, 0.717) is 24.4 Å². The molecule has 0 aliphatic heterocycles. The van der Waals surface area contributed by atoms with Crippen molar-refractivity contribution in [2.24, 2.45) is 0 Å². The summed E-state index contributed by atoms with van der Waals surface area (Å²) in [4.78, 5) is 4.73. The number of nitrogens with zero attached hydrogens (tertiary/aromatic N) is 2. The number of aryl methyl sites for hydroxylation is 2. The van der Waals surface area contributed by atoms with Crippen LogP contribution in [0, 0.1) is 0 Å². The van der Waals surface area contributed by atoms with Crippen LogP contribution in [0.2, 0.25) is 0 Å². The highest BCUT2D eigenvalue weighted by Gasteiger charge is 2.25.